The van der Waals surface area contributed by atoms with Gasteiger partial charge in [0.15, 0.2) is 0 Å². The van der Waals surface area contributed by atoms with Crippen LogP contribution in [0, 0.1) is 0 Å². The van der Waals surface area contributed by atoms with E-state index in [4.69, 9.17) is 0 Å². The third-order valence-electron chi connectivity index (χ3n) is 6.36. The normalized spacial score (nSPS) is 14.3. The molecule has 0 saturated heterocycles. The molecule has 0 radical (unpaired) electrons. The molecule has 0 bridgehead atoms. The molecule has 4 heteroatoms. The number of hydrogen-bond donors (Lipinski definition) is 0. The standard InChI is InChI=1S/C26H29.C2H7Si.2ClH.Zr/c1-25(2,3)20-11-12-21-18(14-20)13-19-15-24(26(4,5)6)23(16-22(19)21)17-9-7-8-10-17;1-3-2;;;/h7-9,11-12,14,16H,10,13H2,1-6H3;3H,1-2H3;2*1H;/q;;;;+2/p-2. The fourth-order valence-corrected chi connectivity index (χ4v) is 14.2. The number of rotatable bonds is 3. The number of hydrogen-bond acceptors (Lipinski definition) is 0. The molecule has 2 aromatic rings. The predicted molar refractivity (Wildman–Crippen MR) is 132 cm³/mol. The molecule has 2 aromatic carbocycles. The predicted octanol–water partition coefficient (Wildman–Crippen LogP) is 0.895. The summed E-state index contributed by atoms with van der Waals surface area (Å²) in [6.45, 7) is 19.5. The van der Waals surface area contributed by atoms with Gasteiger partial charge in [0.2, 0.25) is 0 Å². The summed E-state index contributed by atoms with van der Waals surface area (Å²) in [5, 5.41) is 0. The zero-order valence-corrected chi connectivity index (χ0v) is 25.9. The monoisotopic (exact) mass is 560 g/mol. The Morgan fingerprint density at radius 2 is 1.53 bits per heavy atom. The summed E-state index contributed by atoms with van der Waals surface area (Å²) in [5.74, 6) is -0.586. The van der Waals surface area contributed by atoms with E-state index in [2.05, 4.69) is 97.1 Å². The summed E-state index contributed by atoms with van der Waals surface area (Å²) < 4.78 is 1.85. The SMILES string of the molecule is C[SiH](C)[Zr+2][c]1c2c(cc(C3=CC=CC3)c1C(C)(C)C)-c1ccc(C(C)(C)C)cc1C2.[Cl-].[Cl-]. The van der Waals surface area contributed by atoms with Crippen LogP contribution in [0.3, 0.4) is 0 Å². The van der Waals surface area contributed by atoms with Crippen LogP contribution in [-0.4, -0.2) is 5.92 Å². The molecule has 2 aliphatic carbocycles. The summed E-state index contributed by atoms with van der Waals surface area (Å²) in [6.07, 6.45) is 9.15. The first-order valence-corrected chi connectivity index (χ1v) is 19.8. The van der Waals surface area contributed by atoms with Gasteiger partial charge in [0, 0.05) is 0 Å². The number of halogens is 2. The van der Waals surface area contributed by atoms with E-state index in [0.29, 0.717) is 0 Å². The second-order valence-electron chi connectivity index (χ2n) is 11.4. The van der Waals surface area contributed by atoms with Crippen molar-refractivity contribution < 1.29 is 47.2 Å². The smallest absolute Gasteiger partial charge is 1.00 e. The Morgan fingerprint density at radius 3 is 2.06 bits per heavy atom. The van der Waals surface area contributed by atoms with Gasteiger partial charge in [0.25, 0.3) is 0 Å². The van der Waals surface area contributed by atoms with E-state index in [1.165, 1.54) is 16.7 Å². The molecule has 0 fully saturated rings. The Balaban J connectivity index is 0.00000181. The van der Waals surface area contributed by atoms with Crippen LogP contribution in [0.2, 0.25) is 13.1 Å². The molecule has 0 N–H and O–H groups in total. The van der Waals surface area contributed by atoms with E-state index in [9.17, 15) is 0 Å². The van der Waals surface area contributed by atoms with Gasteiger partial charge in [-0.1, -0.05) is 0 Å². The molecule has 0 amide bonds. The Hall–Kier alpha value is -0.400. The molecule has 0 unspecified atom stereocenters. The van der Waals surface area contributed by atoms with E-state index in [-0.39, 0.29) is 35.6 Å². The van der Waals surface area contributed by atoms with Crippen molar-refractivity contribution >= 4 is 14.8 Å². The molecular weight excluding hydrogens is 527 g/mol. The van der Waals surface area contributed by atoms with Crippen LogP contribution < -0.4 is 28.1 Å². The average molecular weight is 563 g/mol. The molecule has 0 spiro atoms. The van der Waals surface area contributed by atoms with Gasteiger partial charge in [-0.25, -0.2) is 0 Å². The van der Waals surface area contributed by atoms with Crippen molar-refractivity contribution in [2.24, 2.45) is 0 Å². The van der Waals surface area contributed by atoms with Crippen LogP contribution >= 0.6 is 0 Å². The van der Waals surface area contributed by atoms with Gasteiger partial charge in [-0.2, -0.15) is 0 Å². The topological polar surface area (TPSA) is 0 Å². The summed E-state index contributed by atoms with van der Waals surface area (Å²) in [5.41, 5.74) is 12.9. The van der Waals surface area contributed by atoms with Gasteiger partial charge in [0.05, 0.1) is 0 Å². The summed E-state index contributed by atoms with van der Waals surface area (Å²) >= 11 is -0.554. The van der Waals surface area contributed by atoms with Gasteiger partial charge < -0.3 is 24.8 Å². The van der Waals surface area contributed by atoms with Crippen LogP contribution in [0.25, 0.3) is 16.7 Å². The fourth-order valence-electron chi connectivity index (χ4n) is 4.93. The zero-order chi connectivity index (χ0) is 21.8. The maximum absolute atomic E-state index is 2.58. The quantitative estimate of drug-likeness (QED) is 0.417. The summed E-state index contributed by atoms with van der Waals surface area (Å²) in [4.78, 5) is 0. The van der Waals surface area contributed by atoms with Gasteiger partial charge >= 0.3 is 197 Å². The molecule has 0 heterocycles. The van der Waals surface area contributed by atoms with Crippen molar-refractivity contribution in [1.29, 1.82) is 0 Å². The van der Waals surface area contributed by atoms with Gasteiger partial charge in [0.1, 0.15) is 0 Å². The Bertz CT molecular complexity index is 1070. The van der Waals surface area contributed by atoms with Crippen molar-refractivity contribution in [3.05, 3.63) is 70.3 Å². The van der Waals surface area contributed by atoms with Crippen molar-refractivity contribution in [3.8, 4) is 11.1 Å². The molecule has 0 atom stereocenters. The van der Waals surface area contributed by atoms with E-state index >= 15 is 0 Å². The van der Waals surface area contributed by atoms with Crippen LogP contribution in [0.4, 0.5) is 0 Å². The van der Waals surface area contributed by atoms with Gasteiger partial charge in [-0.3, -0.25) is 0 Å². The average Bonchev–Trinajstić information content (AvgIpc) is 3.26. The molecule has 4 rings (SSSR count). The molecule has 170 valence electrons. The first-order chi connectivity index (χ1) is 14.0. The van der Waals surface area contributed by atoms with Crippen molar-refractivity contribution in [3.63, 3.8) is 0 Å². The van der Waals surface area contributed by atoms with Gasteiger partial charge in [-0.05, 0) is 0 Å². The molecule has 2 aliphatic rings. The number of fused-ring (bicyclic) bond motifs is 3. The zero-order valence-electron chi connectivity index (χ0n) is 20.8. The van der Waals surface area contributed by atoms with E-state index < -0.39 is 28.3 Å². The molecular formula is C28H36Cl2SiZr. The third-order valence-corrected chi connectivity index (χ3v) is 15.0. The number of benzene rings is 2. The Labute approximate surface area is 220 Å². The summed E-state index contributed by atoms with van der Waals surface area (Å²) in [7, 11) is 0. The maximum Gasteiger partial charge on any atom is -1.00 e. The Kier molecular flexibility index (Phi) is 8.76. The molecule has 0 nitrogen and oxygen atoms in total. The fraction of sp³-hybridized carbons (Fsp3) is 0.429. The van der Waals surface area contributed by atoms with Crippen molar-refractivity contribution in [1.82, 2.24) is 0 Å². The number of allylic oxidation sites excluding steroid dienone is 4. The van der Waals surface area contributed by atoms with Crippen LogP contribution in [-0.2, 0) is 39.6 Å². The van der Waals surface area contributed by atoms with Crippen molar-refractivity contribution in [2.75, 3.05) is 0 Å². The van der Waals surface area contributed by atoms with E-state index in [1.807, 2.05) is 3.27 Å². The molecule has 0 aliphatic heterocycles. The Morgan fingerprint density at radius 1 is 0.844 bits per heavy atom. The molecule has 0 saturated carbocycles. The van der Waals surface area contributed by atoms with Crippen LogP contribution in [0.1, 0.15) is 75.8 Å². The minimum Gasteiger partial charge on any atom is -1.00 e. The van der Waals surface area contributed by atoms with Crippen LogP contribution in [0.15, 0.2) is 42.5 Å². The minimum absolute atomic E-state index is 0. The minimum atomic E-state index is -0.586. The second kappa shape index (κ2) is 10.1. The van der Waals surface area contributed by atoms with Crippen molar-refractivity contribution in [2.45, 2.75) is 78.3 Å². The van der Waals surface area contributed by atoms with Gasteiger partial charge in [-0.15, -0.1) is 0 Å². The molecule has 32 heavy (non-hydrogen) atoms. The largest absolute Gasteiger partial charge is 1.00 e. The first kappa shape index (κ1) is 27.8. The second-order valence-corrected chi connectivity index (χ2v) is 25.8. The van der Waals surface area contributed by atoms with Crippen LogP contribution in [0.5, 0.6) is 0 Å². The maximum atomic E-state index is 2.58. The summed E-state index contributed by atoms with van der Waals surface area (Å²) in [6, 6.07) is 9.87. The van der Waals surface area contributed by atoms with E-state index in [0.717, 1.165) is 12.8 Å². The van der Waals surface area contributed by atoms with E-state index in [1.54, 1.807) is 27.8 Å². The third kappa shape index (κ3) is 5.30. The molecule has 0 aromatic heterocycles. The first-order valence-electron chi connectivity index (χ1n) is 11.4.